The van der Waals surface area contributed by atoms with Crippen LogP contribution in [0.4, 0.5) is 0 Å². The van der Waals surface area contributed by atoms with E-state index >= 15 is 0 Å². The highest BCUT2D eigenvalue weighted by atomic mass is 127. The maximum Gasteiger partial charge on any atom is 0.497 e. The van der Waals surface area contributed by atoms with Crippen molar-refractivity contribution in [1.29, 1.82) is 0 Å². The highest BCUT2D eigenvalue weighted by Gasteiger charge is 2.52. The molecule has 0 saturated carbocycles. The summed E-state index contributed by atoms with van der Waals surface area (Å²) >= 11 is 2.12. The monoisotopic (exact) mass is 493 g/mol. The maximum absolute atomic E-state index is 12.2. The first kappa shape index (κ1) is 21.5. The van der Waals surface area contributed by atoms with E-state index in [9.17, 15) is 9.59 Å². The van der Waals surface area contributed by atoms with E-state index in [2.05, 4.69) is 26.2 Å². The van der Waals surface area contributed by atoms with Crippen LogP contribution in [0.3, 0.4) is 0 Å². The SMILES string of the molecule is COC(=O)c1nc(C(=O)OCCSI)ccc1B1OC(C)(C)C(C)(C)O1. The molecule has 0 amide bonds. The predicted molar refractivity (Wildman–Crippen MR) is 108 cm³/mol. The highest BCUT2D eigenvalue weighted by molar-refractivity contribution is 14.2. The molecule has 1 aliphatic heterocycles. The first-order valence-corrected chi connectivity index (χ1v) is 11.5. The molecule has 0 spiro atoms. The molecule has 0 radical (unpaired) electrons. The molecule has 0 N–H and O–H groups in total. The lowest BCUT2D eigenvalue weighted by Gasteiger charge is -2.32. The van der Waals surface area contributed by atoms with Crippen LogP contribution in [0.1, 0.15) is 48.7 Å². The number of pyridine rings is 1. The third-order valence-electron chi connectivity index (χ3n) is 4.42. The average Bonchev–Trinajstić information content (AvgIpc) is 2.81. The summed E-state index contributed by atoms with van der Waals surface area (Å²) in [6, 6.07) is 3.08. The van der Waals surface area contributed by atoms with Crippen LogP contribution in [0, 0.1) is 0 Å². The standard InChI is InChI=1S/C16H21BINO6S/c1-15(2)16(3,4)25-17(24-15)10-6-7-11(13(20)23-8-9-26-18)19-12(10)14(21)22-5/h6-7H,8-9H2,1-5H3. The van der Waals surface area contributed by atoms with Crippen LogP contribution < -0.4 is 5.46 Å². The van der Waals surface area contributed by atoms with E-state index in [1.54, 1.807) is 6.07 Å². The Kier molecular flexibility index (Phi) is 6.97. The van der Waals surface area contributed by atoms with Crippen LogP contribution >= 0.6 is 30.1 Å². The lowest BCUT2D eigenvalue weighted by atomic mass is 9.77. The normalized spacial score (nSPS) is 17.8. The summed E-state index contributed by atoms with van der Waals surface area (Å²) in [7, 11) is 2.00. The second kappa shape index (κ2) is 8.45. The van der Waals surface area contributed by atoms with Crippen molar-refractivity contribution < 1.29 is 28.4 Å². The number of hydrogen-bond donors (Lipinski definition) is 0. The molecule has 1 aliphatic rings. The van der Waals surface area contributed by atoms with E-state index in [4.69, 9.17) is 18.8 Å². The van der Waals surface area contributed by atoms with E-state index in [0.717, 1.165) is 0 Å². The number of hydrogen-bond acceptors (Lipinski definition) is 8. The second-order valence-electron chi connectivity index (χ2n) is 6.66. The Hall–Kier alpha value is -0.845. The van der Waals surface area contributed by atoms with Crippen LogP contribution in [0.15, 0.2) is 12.1 Å². The van der Waals surface area contributed by atoms with Crippen molar-refractivity contribution in [2.75, 3.05) is 19.5 Å². The number of carbonyl (C=O) groups is 2. The van der Waals surface area contributed by atoms with Crippen molar-refractivity contribution in [3.8, 4) is 0 Å². The predicted octanol–water partition coefficient (Wildman–Crippen LogP) is 2.41. The number of ether oxygens (including phenoxy) is 2. The van der Waals surface area contributed by atoms with Gasteiger partial charge < -0.3 is 18.8 Å². The molecule has 26 heavy (non-hydrogen) atoms. The van der Waals surface area contributed by atoms with Gasteiger partial charge in [-0.15, -0.1) is 0 Å². The lowest BCUT2D eigenvalue weighted by Crippen LogP contribution is -2.41. The fraction of sp³-hybridized carbons (Fsp3) is 0.562. The molecule has 0 bridgehead atoms. The van der Waals surface area contributed by atoms with Gasteiger partial charge in [-0.1, -0.05) is 15.0 Å². The van der Waals surface area contributed by atoms with Crippen molar-refractivity contribution in [1.82, 2.24) is 4.98 Å². The van der Waals surface area contributed by atoms with Crippen molar-refractivity contribution >= 4 is 54.7 Å². The third-order valence-corrected chi connectivity index (χ3v) is 6.06. The Morgan fingerprint density at radius 3 is 2.35 bits per heavy atom. The highest BCUT2D eigenvalue weighted by Crippen LogP contribution is 2.36. The zero-order valence-electron chi connectivity index (χ0n) is 15.3. The first-order chi connectivity index (χ1) is 12.1. The van der Waals surface area contributed by atoms with Gasteiger partial charge in [0.25, 0.3) is 0 Å². The molecular weight excluding hydrogens is 472 g/mol. The summed E-state index contributed by atoms with van der Waals surface area (Å²) in [5.41, 5.74) is -0.720. The minimum atomic E-state index is -0.790. The number of nitrogens with zero attached hydrogens (tertiary/aromatic N) is 1. The quantitative estimate of drug-likeness (QED) is 0.259. The van der Waals surface area contributed by atoms with E-state index in [0.29, 0.717) is 11.2 Å². The molecule has 7 nitrogen and oxygen atoms in total. The second-order valence-corrected chi connectivity index (χ2v) is 9.16. The Balaban J connectivity index is 2.33. The molecule has 0 aromatic carbocycles. The fourth-order valence-electron chi connectivity index (χ4n) is 2.24. The zero-order chi connectivity index (χ0) is 19.5. The minimum absolute atomic E-state index is 0.0243. The Bertz CT molecular complexity index is 683. The number of aromatic nitrogens is 1. The number of esters is 2. The molecule has 1 fully saturated rings. The smallest absolute Gasteiger partial charge is 0.464 e. The van der Waals surface area contributed by atoms with Crippen molar-refractivity contribution in [2.24, 2.45) is 0 Å². The number of halogens is 1. The van der Waals surface area contributed by atoms with Gasteiger partial charge in [0.05, 0.1) is 18.3 Å². The Labute approximate surface area is 169 Å². The van der Waals surface area contributed by atoms with Crippen LogP contribution in [-0.4, -0.2) is 54.7 Å². The fourth-order valence-corrected chi connectivity index (χ4v) is 2.93. The largest absolute Gasteiger partial charge is 0.497 e. The van der Waals surface area contributed by atoms with E-state index in [-0.39, 0.29) is 18.0 Å². The van der Waals surface area contributed by atoms with E-state index in [1.807, 2.05) is 27.7 Å². The molecular formula is C16H21BINO6S. The van der Waals surface area contributed by atoms with Crippen molar-refractivity contribution in [3.63, 3.8) is 0 Å². The summed E-state index contributed by atoms with van der Waals surface area (Å²) in [5.74, 6) is -0.601. The van der Waals surface area contributed by atoms with Gasteiger partial charge in [0.15, 0.2) is 0 Å². The van der Waals surface area contributed by atoms with Crippen molar-refractivity contribution in [2.45, 2.75) is 38.9 Å². The van der Waals surface area contributed by atoms with Gasteiger partial charge in [0.2, 0.25) is 0 Å². The number of carbonyl (C=O) groups excluding carboxylic acids is 2. The third kappa shape index (κ3) is 4.52. The molecule has 1 aromatic rings. The molecule has 0 aliphatic carbocycles. The number of methoxy groups -OCH3 is 1. The van der Waals surface area contributed by atoms with Crippen LogP contribution in [0.2, 0.25) is 0 Å². The minimum Gasteiger partial charge on any atom is -0.464 e. The van der Waals surface area contributed by atoms with Crippen LogP contribution in [-0.2, 0) is 18.8 Å². The van der Waals surface area contributed by atoms with Gasteiger partial charge >= 0.3 is 19.1 Å². The lowest BCUT2D eigenvalue weighted by molar-refractivity contribution is 0.00578. The number of rotatable bonds is 6. The molecule has 1 aromatic heterocycles. The molecule has 1 saturated heterocycles. The topological polar surface area (TPSA) is 84.0 Å². The summed E-state index contributed by atoms with van der Waals surface area (Å²) in [6.45, 7) is 7.91. The van der Waals surface area contributed by atoms with Gasteiger partial charge in [0, 0.05) is 11.2 Å². The molecule has 2 heterocycles. The van der Waals surface area contributed by atoms with Gasteiger partial charge in [-0.3, -0.25) is 0 Å². The summed E-state index contributed by atoms with van der Waals surface area (Å²) in [6.07, 6.45) is 0. The first-order valence-electron chi connectivity index (χ1n) is 7.98. The van der Waals surface area contributed by atoms with Gasteiger partial charge in [-0.05, 0) is 55.0 Å². The summed E-state index contributed by atoms with van der Waals surface area (Å²) in [4.78, 5) is 28.5. The zero-order valence-corrected chi connectivity index (χ0v) is 18.3. The molecule has 10 heteroatoms. The van der Waals surface area contributed by atoms with Gasteiger partial charge in [-0.25, -0.2) is 14.6 Å². The molecule has 0 atom stereocenters. The van der Waals surface area contributed by atoms with Gasteiger partial charge in [0.1, 0.15) is 18.0 Å². The molecule has 142 valence electrons. The molecule has 0 unspecified atom stereocenters. The van der Waals surface area contributed by atoms with Crippen molar-refractivity contribution in [3.05, 3.63) is 23.5 Å². The van der Waals surface area contributed by atoms with Gasteiger partial charge in [-0.2, -0.15) is 0 Å². The molecule has 2 rings (SSSR count). The summed E-state index contributed by atoms with van der Waals surface area (Å²) in [5, 5.41) is 0. The Morgan fingerprint density at radius 1 is 1.19 bits per heavy atom. The maximum atomic E-state index is 12.2. The van der Waals surface area contributed by atoms with Crippen LogP contribution in [0.25, 0.3) is 0 Å². The Morgan fingerprint density at radius 2 is 1.81 bits per heavy atom. The summed E-state index contributed by atoms with van der Waals surface area (Å²) < 4.78 is 21.9. The van der Waals surface area contributed by atoms with Crippen LogP contribution in [0.5, 0.6) is 0 Å². The average molecular weight is 493 g/mol. The van der Waals surface area contributed by atoms with E-state index < -0.39 is 30.3 Å². The van der Waals surface area contributed by atoms with E-state index in [1.165, 1.54) is 22.1 Å².